The molecule has 1 rings (SSSR count). The van der Waals surface area contributed by atoms with E-state index in [0.717, 1.165) is 32.1 Å². The van der Waals surface area contributed by atoms with Crippen molar-refractivity contribution in [1.29, 1.82) is 0 Å². The van der Waals surface area contributed by atoms with Gasteiger partial charge in [0.05, 0.1) is 12.6 Å². The summed E-state index contributed by atoms with van der Waals surface area (Å²) in [5, 5.41) is 6.44. The first-order chi connectivity index (χ1) is 11.5. The van der Waals surface area contributed by atoms with Crippen LogP contribution in [0.2, 0.25) is 0 Å². The average Bonchev–Trinajstić information content (AvgIpc) is 2.54. The van der Waals surface area contributed by atoms with Crippen LogP contribution < -0.4 is 15.4 Å². The predicted octanol–water partition coefficient (Wildman–Crippen LogP) is 2.96. The van der Waals surface area contributed by atoms with Gasteiger partial charge in [-0.15, -0.1) is 0 Å². The molecular weight excluding hydrogens is 309 g/mol. The third-order valence-electron chi connectivity index (χ3n) is 3.08. The number of para-hydroxylation sites is 1. The van der Waals surface area contributed by atoms with Crippen LogP contribution in [0.15, 0.2) is 29.3 Å². The molecule has 0 amide bonds. The summed E-state index contributed by atoms with van der Waals surface area (Å²) in [5.41, 5.74) is 0. The van der Waals surface area contributed by atoms with Gasteiger partial charge in [0.2, 0.25) is 0 Å². The zero-order chi connectivity index (χ0) is 17.8. The van der Waals surface area contributed by atoms with E-state index in [1.807, 2.05) is 27.7 Å². The molecule has 0 heterocycles. The lowest BCUT2D eigenvalue weighted by Crippen LogP contribution is -2.38. The van der Waals surface area contributed by atoms with Crippen LogP contribution in [0.1, 0.15) is 34.1 Å². The first-order valence-corrected chi connectivity index (χ1v) is 8.57. The zero-order valence-corrected chi connectivity index (χ0v) is 15.1. The van der Waals surface area contributed by atoms with Gasteiger partial charge >= 0.3 is 0 Å². The van der Waals surface area contributed by atoms with Gasteiger partial charge in [-0.05, 0) is 46.2 Å². The highest BCUT2D eigenvalue weighted by atomic mass is 19.1. The summed E-state index contributed by atoms with van der Waals surface area (Å²) < 4.78 is 24.7. The highest BCUT2D eigenvalue weighted by Crippen LogP contribution is 2.16. The predicted molar refractivity (Wildman–Crippen MR) is 96.2 cm³/mol. The number of halogens is 1. The van der Waals surface area contributed by atoms with E-state index >= 15 is 0 Å². The lowest BCUT2D eigenvalue weighted by atomic mass is 10.3. The fourth-order valence-corrected chi connectivity index (χ4v) is 1.95. The highest BCUT2D eigenvalue weighted by molar-refractivity contribution is 5.79. The Bertz CT molecular complexity index is 495. The summed E-state index contributed by atoms with van der Waals surface area (Å²) >= 11 is 0. The first-order valence-electron chi connectivity index (χ1n) is 8.57. The van der Waals surface area contributed by atoms with Crippen molar-refractivity contribution in [2.45, 2.75) is 46.3 Å². The zero-order valence-electron chi connectivity index (χ0n) is 15.1. The fourth-order valence-electron chi connectivity index (χ4n) is 1.95. The molecule has 1 aromatic rings. The highest BCUT2D eigenvalue weighted by Gasteiger charge is 2.08. The standard InChI is InChI=1S/C18H30FN3O2/c1-5-20-18(21-11-8-12-23-14(2)3)22-13-15(4)24-17-10-7-6-9-16(17)19/h6-7,9-10,14-15H,5,8,11-13H2,1-4H3,(H2,20,21,22). The Morgan fingerprint density at radius 2 is 1.96 bits per heavy atom. The number of aliphatic imine (C=N–C) groups is 1. The molecule has 0 bridgehead atoms. The molecule has 0 saturated carbocycles. The van der Waals surface area contributed by atoms with Gasteiger partial charge in [0, 0.05) is 19.7 Å². The van der Waals surface area contributed by atoms with Crippen molar-refractivity contribution in [3.05, 3.63) is 30.1 Å². The monoisotopic (exact) mass is 339 g/mol. The molecule has 0 spiro atoms. The summed E-state index contributed by atoms with van der Waals surface area (Å²) in [4.78, 5) is 4.48. The SMILES string of the molecule is CCNC(=NCC(C)Oc1ccccc1F)NCCCOC(C)C. The van der Waals surface area contributed by atoms with Crippen LogP contribution in [-0.4, -0.2) is 44.4 Å². The Balaban J connectivity index is 2.39. The second-order valence-corrected chi connectivity index (χ2v) is 5.78. The van der Waals surface area contributed by atoms with Crippen molar-refractivity contribution in [1.82, 2.24) is 10.6 Å². The van der Waals surface area contributed by atoms with Crippen LogP contribution in [0.3, 0.4) is 0 Å². The normalized spacial score (nSPS) is 13.0. The van der Waals surface area contributed by atoms with Crippen LogP contribution in [0, 0.1) is 5.82 Å². The summed E-state index contributed by atoms with van der Waals surface area (Å²) in [6, 6.07) is 6.39. The van der Waals surface area contributed by atoms with Crippen LogP contribution in [0.4, 0.5) is 4.39 Å². The Morgan fingerprint density at radius 1 is 1.21 bits per heavy atom. The molecule has 0 aliphatic rings. The van der Waals surface area contributed by atoms with E-state index in [2.05, 4.69) is 15.6 Å². The minimum atomic E-state index is -0.358. The van der Waals surface area contributed by atoms with E-state index in [-0.39, 0.29) is 23.8 Å². The van der Waals surface area contributed by atoms with Gasteiger partial charge in [-0.2, -0.15) is 0 Å². The largest absolute Gasteiger partial charge is 0.486 e. The van der Waals surface area contributed by atoms with E-state index in [0.29, 0.717) is 6.54 Å². The van der Waals surface area contributed by atoms with Gasteiger partial charge < -0.3 is 20.1 Å². The van der Waals surface area contributed by atoms with Gasteiger partial charge in [-0.1, -0.05) is 12.1 Å². The van der Waals surface area contributed by atoms with E-state index in [9.17, 15) is 4.39 Å². The third kappa shape index (κ3) is 8.72. The Morgan fingerprint density at radius 3 is 2.62 bits per heavy atom. The maximum absolute atomic E-state index is 13.6. The fraction of sp³-hybridized carbons (Fsp3) is 0.611. The maximum Gasteiger partial charge on any atom is 0.191 e. The van der Waals surface area contributed by atoms with Crippen molar-refractivity contribution in [3.8, 4) is 5.75 Å². The van der Waals surface area contributed by atoms with Crippen molar-refractivity contribution >= 4 is 5.96 Å². The number of benzene rings is 1. The molecule has 0 aliphatic carbocycles. The van der Waals surface area contributed by atoms with Gasteiger partial charge in [0.15, 0.2) is 17.5 Å². The molecule has 0 aliphatic heterocycles. The summed E-state index contributed by atoms with van der Waals surface area (Å²) in [5.74, 6) is 0.624. The molecule has 0 aromatic heterocycles. The van der Waals surface area contributed by atoms with Crippen LogP contribution in [0.5, 0.6) is 5.75 Å². The molecule has 1 aromatic carbocycles. The minimum Gasteiger partial charge on any atom is -0.486 e. The Hall–Kier alpha value is -1.82. The lowest BCUT2D eigenvalue weighted by Gasteiger charge is -2.15. The topological polar surface area (TPSA) is 54.9 Å². The maximum atomic E-state index is 13.6. The number of rotatable bonds is 10. The smallest absolute Gasteiger partial charge is 0.191 e. The molecule has 136 valence electrons. The van der Waals surface area contributed by atoms with Crippen LogP contribution >= 0.6 is 0 Å². The van der Waals surface area contributed by atoms with Gasteiger partial charge in [-0.3, -0.25) is 0 Å². The van der Waals surface area contributed by atoms with E-state index in [1.54, 1.807) is 18.2 Å². The number of guanidine groups is 1. The van der Waals surface area contributed by atoms with E-state index in [1.165, 1.54) is 6.07 Å². The molecule has 0 saturated heterocycles. The van der Waals surface area contributed by atoms with Crippen LogP contribution in [0.25, 0.3) is 0 Å². The second-order valence-electron chi connectivity index (χ2n) is 5.78. The average molecular weight is 339 g/mol. The lowest BCUT2D eigenvalue weighted by molar-refractivity contribution is 0.0776. The van der Waals surface area contributed by atoms with Crippen LogP contribution in [-0.2, 0) is 4.74 Å². The molecular formula is C18H30FN3O2. The summed E-state index contributed by atoms with van der Waals surface area (Å²) in [7, 11) is 0. The van der Waals surface area contributed by atoms with Gasteiger partial charge in [0.25, 0.3) is 0 Å². The molecule has 5 nitrogen and oxygen atoms in total. The summed E-state index contributed by atoms with van der Waals surface area (Å²) in [6.07, 6.45) is 0.939. The number of hydrogen-bond acceptors (Lipinski definition) is 3. The van der Waals surface area contributed by atoms with Gasteiger partial charge in [0.1, 0.15) is 6.10 Å². The molecule has 1 atom stereocenters. The Kier molecular flexibility index (Phi) is 9.84. The van der Waals surface area contributed by atoms with Crippen molar-refractivity contribution < 1.29 is 13.9 Å². The number of nitrogens with one attached hydrogen (secondary N) is 2. The van der Waals surface area contributed by atoms with Gasteiger partial charge in [-0.25, -0.2) is 9.38 Å². The third-order valence-corrected chi connectivity index (χ3v) is 3.08. The number of hydrogen-bond donors (Lipinski definition) is 2. The molecule has 1 unspecified atom stereocenters. The number of nitrogens with zero attached hydrogens (tertiary/aromatic N) is 1. The van der Waals surface area contributed by atoms with E-state index in [4.69, 9.17) is 9.47 Å². The summed E-state index contributed by atoms with van der Waals surface area (Å²) in [6.45, 7) is 10.6. The number of ether oxygens (including phenoxy) is 2. The first kappa shape index (κ1) is 20.2. The van der Waals surface area contributed by atoms with Crippen molar-refractivity contribution in [2.24, 2.45) is 4.99 Å². The van der Waals surface area contributed by atoms with Crippen molar-refractivity contribution in [2.75, 3.05) is 26.2 Å². The Labute approximate surface area is 144 Å². The molecule has 2 N–H and O–H groups in total. The minimum absolute atomic E-state index is 0.221. The van der Waals surface area contributed by atoms with Crippen molar-refractivity contribution in [3.63, 3.8) is 0 Å². The molecule has 0 fully saturated rings. The quantitative estimate of drug-likeness (QED) is 0.391. The van der Waals surface area contributed by atoms with E-state index < -0.39 is 0 Å². The second kappa shape index (κ2) is 11.7. The molecule has 24 heavy (non-hydrogen) atoms. The molecule has 6 heteroatoms. The molecule has 0 radical (unpaired) electrons.